The molecule has 1 aromatic carbocycles. The van der Waals surface area contributed by atoms with E-state index in [1.165, 1.54) is 5.56 Å². The Bertz CT molecular complexity index is 949. The van der Waals surface area contributed by atoms with Crippen molar-refractivity contribution in [3.63, 3.8) is 0 Å². The fraction of sp³-hybridized carbons (Fsp3) is 0.316. The van der Waals surface area contributed by atoms with Crippen molar-refractivity contribution in [1.82, 2.24) is 24.6 Å². The Hall–Kier alpha value is -1.95. The van der Waals surface area contributed by atoms with E-state index in [0.717, 1.165) is 54.4 Å². The van der Waals surface area contributed by atoms with E-state index in [2.05, 4.69) is 15.0 Å². The highest BCUT2D eigenvalue weighted by atomic mass is 35.5. The van der Waals surface area contributed by atoms with Crippen LogP contribution in [0.5, 0.6) is 0 Å². The van der Waals surface area contributed by atoms with E-state index >= 15 is 0 Å². The van der Waals surface area contributed by atoms with Crippen molar-refractivity contribution in [2.24, 2.45) is 7.05 Å². The predicted octanol–water partition coefficient (Wildman–Crippen LogP) is 4.05. The molecule has 1 aliphatic rings. The van der Waals surface area contributed by atoms with Crippen molar-refractivity contribution in [2.75, 3.05) is 6.54 Å². The summed E-state index contributed by atoms with van der Waals surface area (Å²) in [6.45, 7) is 4.55. The third kappa shape index (κ3) is 3.34. The second-order valence-corrected chi connectivity index (χ2v) is 7.41. The quantitative estimate of drug-likeness (QED) is 0.679. The van der Waals surface area contributed by atoms with Gasteiger partial charge in [-0.1, -0.05) is 23.2 Å². The normalized spacial score (nSPS) is 14.5. The van der Waals surface area contributed by atoms with E-state index in [1.54, 1.807) is 4.68 Å². The van der Waals surface area contributed by atoms with Crippen molar-refractivity contribution >= 4 is 23.2 Å². The van der Waals surface area contributed by atoms with Gasteiger partial charge in [-0.3, -0.25) is 9.58 Å². The van der Waals surface area contributed by atoms with Gasteiger partial charge in [0.1, 0.15) is 5.15 Å². The van der Waals surface area contributed by atoms with Gasteiger partial charge in [-0.15, -0.1) is 0 Å². The molecule has 0 fully saturated rings. The molecule has 0 amide bonds. The van der Waals surface area contributed by atoms with Gasteiger partial charge in [-0.05, 0) is 31.2 Å². The first kappa shape index (κ1) is 17.5. The van der Waals surface area contributed by atoms with Gasteiger partial charge in [0, 0.05) is 61.0 Å². The average Bonchev–Trinajstić information content (AvgIpc) is 2.88. The largest absolute Gasteiger partial charge is 0.294 e. The maximum Gasteiger partial charge on any atom is 0.159 e. The van der Waals surface area contributed by atoms with Gasteiger partial charge in [0.2, 0.25) is 0 Å². The van der Waals surface area contributed by atoms with Crippen molar-refractivity contribution in [3.05, 3.63) is 63.2 Å². The summed E-state index contributed by atoms with van der Waals surface area (Å²) in [5, 5.41) is 5.82. The number of halogens is 2. The average molecular weight is 388 g/mol. The molecule has 0 saturated heterocycles. The number of hydrogen-bond donors (Lipinski definition) is 0. The molecule has 0 saturated carbocycles. The Morgan fingerprint density at radius 2 is 1.92 bits per heavy atom. The molecule has 0 unspecified atom stereocenters. The minimum absolute atomic E-state index is 0.711. The Kier molecular flexibility index (Phi) is 4.69. The van der Waals surface area contributed by atoms with Gasteiger partial charge in [0.15, 0.2) is 5.82 Å². The number of rotatable bonds is 3. The highest BCUT2D eigenvalue weighted by molar-refractivity contribution is 6.30. The lowest BCUT2D eigenvalue weighted by Gasteiger charge is -2.28. The zero-order valence-electron chi connectivity index (χ0n) is 14.7. The van der Waals surface area contributed by atoms with Crippen LogP contribution in [0.3, 0.4) is 0 Å². The first-order valence-corrected chi connectivity index (χ1v) is 9.28. The fourth-order valence-corrected chi connectivity index (χ4v) is 3.68. The molecule has 134 valence electrons. The summed E-state index contributed by atoms with van der Waals surface area (Å²) >= 11 is 12.3. The smallest absolute Gasteiger partial charge is 0.159 e. The van der Waals surface area contributed by atoms with E-state index < -0.39 is 0 Å². The summed E-state index contributed by atoms with van der Waals surface area (Å²) in [4.78, 5) is 11.7. The van der Waals surface area contributed by atoms with Crippen LogP contribution in [0, 0.1) is 6.92 Å². The standard InChI is InChI=1S/C19H19Cl2N5/c1-12-16(18(21)25(2)24-12)11-26-8-7-17-14(10-26)9-22-19(23-17)13-3-5-15(20)6-4-13/h3-6,9H,7-8,10-11H2,1-2H3. The van der Waals surface area contributed by atoms with Gasteiger partial charge in [0.05, 0.1) is 11.4 Å². The molecule has 0 bridgehead atoms. The van der Waals surface area contributed by atoms with Gasteiger partial charge >= 0.3 is 0 Å². The van der Waals surface area contributed by atoms with E-state index in [1.807, 2.05) is 44.4 Å². The van der Waals surface area contributed by atoms with Gasteiger partial charge in [-0.2, -0.15) is 5.10 Å². The molecule has 0 aliphatic carbocycles. The van der Waals surface area contributed by atoms with Crippen LogP contribution in [0.1, 0.15) is 22.5 Å². The van der Waals surface area contributed by atoms with Gasteiger partial charge in [0.25, 0.3) is 0 Å². The maximum atomic E-state index is 6.37. The number of fused-ring (bicyclic) bond motifs is 1. The second kappa shape index (κ2) is 6.99. The van der Waals surface area contributed by atoms with Crippen LogP contribution >= 0.6 is 23.2 Å². The zero-order chi connectivity index (χ0) is 18.3. The summed E-state index contributed by atoms with van der Waals surface area (Å²) in [6.07, 6.45) is 2.84. The van der Waals surface area contributed by atoms with E-state index in [-0.39, 0.29) is 0 Å². The van der Waals surface area contributed by atoms with Crippen LogP contribution in [0.25, 0.3) is 11.4 Å². The summed E-state index contributed by atoms with van der Waals surface area (Å²) in [5.74, 6) is 0.750. The van der Waals surface area contributed by atoms with E-state index in [4.69, 9.17) is 28.2 Å². The number of aryl methyl sites for hydroxylation is 2. The first-order chi connectivity index (χ1) is 12.5. The molecule has 2 aromatic heterocycles. The highest BCUT2D eigenvalue weighted by Gasteiger charge is 2.21. The molecule has 0 radical (unpaired) electrons. The van der Waals surface area contributed by atoms with Crippen molar-refractivity contribution in [2.45, 2.75) is 26.4 Å². The van der Waals surface area contributed by atoms with Gasteiger partial charge < -0.3 is 0 Å². The van der Waals surface area contributed by atoms with Crippen LogP contribution in [0.15, 0.2) is 30.5 Å². The Balaban J connectivity index is 1.53. The van der Waals surface area contributed by atoms with Crippen molar-refractivity contribution < 1.29 is 0 Å². The predicted molar refractivity (Wildman–Crippen MR) is 103 cm³/mol. The Labute approximate surface area is 162 Å². The topological polar surface area (TPSA) is 46.8 Å². The van der Waals surface area contributed by atoms with Crippen molar-refractivity contribution in [3.8, 4) is 11.4 Å². The Morgan fingerprint density at radius 3 is 2.62 bits per heavy atom. The minimum Gasteiger partial charge on any atom is -0.294 e. The van der Waals surface area contributed by atoms with E-state index in [9.17, 15) is 0 Å². The van der Waals surface area contributed by atoms with Crippen LogP contribution in [0.4, 0.5) is 0 Å². The van der Waals surface area contributed by atoms with Crippen molar-refractivity contribution in [1.29, 1.82) is 0 Å². The molecular formula is C19H19Cl2N5. The van der Waals surface area contributed by atoms with Crippen LogP contribution in [-0.2, 0) is 26.6 Å². The molecule has 0 N–H and O–H groups in total. The third-order valence-corrected chi connectivity index (χ3v) is 5.49. The molecule has 7 heteroatoms. The number of benzene rings is 1. The molecular weight excluding hydrogens is 369 g/mol. The number of aromatic nitrogens is 4. The second-order valence-electron chi connectivity index (χ2n) is 6.61. The molecule has 0 spiro atoms. The summed E-state index contributed by atoms with van der Waals surface area (Å²) in [7, 11) is 1.87. The SMILES string of the molecule is Cc1nn(C)c(Cl)c1CN1CCc2nc(-c3ccc(Cl)cc3)ncc2C1. The first-order valence-electron chi connectivity index (χ1n) is 8.52. The molecule has 5 nitrogen and oxygen atoms in total. The van der Waals surface area contributed by atoms with Gasteiger partial charge in [-0.25, -0.2) is 9.97 Å². The summed E-state index contributed by atoms with van der Waals surface area (Å²) in [5.41, 5.74) is 5.35. The lowest BCUT2D eigenvalue weighted by atomic mass is 10.1. The monoisotopic (exact) mass is 387 g/mol. The van der Waals surface area contributed by atoms with Crippen LogP contribution in [-0.4, -0.2) is 31.2 Å². The lowest BCUT2D eigenvalue weighted by molar-refractivity contribution is 0.242. The molecule has 3 aromatic rings. The molecule has 4 rings (SSSR count). The molecule has 0 atom stereocenters. The number of hydrogen-bond acceptors (Lipinski definition) is 4. The molecule has 3 heterocycles. The zero-order valence-corrected chi connectivity index (χ0v) is 16.2. The summed E-state index contributed by atoms with van der Waals surface area (Å²) < 4.78 is 1.73. The van der Waals surface area contributed by atoms with Crippen LogP contribution < -0.4 is 0 Å². The Morgan fingerprint density at radius 1 is 1.15 bits per heavy atom. The van der Waals surface area contributed by atoms with E-state index in [0.29, 0.717) is 10.2 Å². The fourth-order valence-electron chi connectivity index (χ4n) is 3.32. The number of nitrogens with zero attached hydrogens (tertiary/aromatic N) is 5. The maximum absolute atomic E-state index is 6.37. The minimum atomic E-state index is 0.711. The summed E-state index contributed by atoms with van der Waals surface area (Å²) in [6, 6.07) is 7.63. The van der Waals surface area contributed by atoms with Crippen LogP contribution in [0.2, 0.25) is 10.2 Å². The lowest BCUT2D eigenvalue weighted by Crippen LogP contribution is -2.31. The highest BCUT2D eigenvalue weighted by Crippen LogP contribution is 2.25. The third-order valence-electron chi connectivity index (χ3n) is 4.77. The molecule has 1 aliphatic heterocycles. The molecule has 26 heavy (non-hydrogen) atoms.